The fraction of sp³-hybridized carbons (Fsp3) is 0.167. The first-order valence-corrected chi connectivity index (χ1v) is 12.0. The Hall–Kier alpha value is -4.29. The molecule has 36 heavy (non-hydrogen) atoms. The Morgan fingerprint density at radius 1 is 0.889 bits per heavy atom. The summed E-state index contributed by atoms with van der Waals surface area (Å²) in [5.41, 5.74) is 5.72. The molecule has 0 bridgehead atoms. The molecule has 1 aliphatic heterocycles. The number of amides is 1. The van der Waals surface area contributed by atoms with Crippen LogP contribution in [0, 0.1) is 0 Å². The molecule has 0 radical (unpaired) electrons. The Bertz CT molecular complexity index is 1420. The second-order valence-corrected chi connectivity index (χ2v) is 8.70. The lowest BCUT2D eigenvalue weighted by atomic mass is 9.98. The summed E-state index contributed by atoms with van der Waals surface area (Å²) in [4.78, 5) is 30.1. The number of nitrogens with zero attached hydrogens (tertiary/aromatic N) is 1. The maximum atomic E-state index is 12.8. The minimum atomic E-state index is -0.285. The van der Waals surface area contributed by atoms with Crippen LogP contribution in [-0.4, -0.2) is 28.4 Å². The van der Waals surface area contributed by atoms with Gasteiger partial charge in [0.1, 0.15) is 11.6 Å². The van der Waals surface area contributed by atoms with Gasteiger partial charge in [-0.2, -0.15) is 0 Å². The molecule has 4 aromatic rings. The third-order valence-electron chi connectivity index (χ3n) is 6.25. The number of carbonyl (C=O) groups excluding carboxylic acids is 2. The zero-order chi connectivity index (χ0) is 24.9. The molecule has 6 nitrogen and oxygen atoms in total. The molecule has 0 atom stereocenters. The van der Waals surface area contributed by atoms with Crippen molar-refractivity contribution in [1.29, 1.82) is 0 Å². The topological polar surface area (TPSA) is 88.5 Å². The average Bonchev–Trinajstić information content (AvgIpc) is 3.40. The van der Waals surface area contributed by atoms with Crippen LogP contribution in [0.3, 0.4) is 0 Å². The van der Waals surface area contributed by atoms with Gasteiger partial charge in [-0.05, 0) is 52.6 Å². The fourth-order valence-electron chi connectivity index (χ4n) is 4.38. The highest BCUT2D eigenvalue weighted by Crippen LogP contribution is 2.30. The molecule has 5 rings (SSSR count). The first kappa shape index (κ1) is 23.5. The van der Waals surface area contributed by atoms with Gasteiger partial charge in [0.2, 0.25) is 5.91 Å². The van der Waals surface area contributed by atoms with Gasteiger partial charge in [-0.1, -0.05) is 54.6 Å². The molecule has 0 saturated heterocycles. The highest BCUT2D eigenvalue weighted by molar-refractivity contribution is 6.00. The van der Waals surface area contributed by atoms with Crippen LogP contribution in [0.5, 0.6) is 5.75 Å². The van der Waals surface area contributed by atoms with Crippen molar-refractivity contribution >= 4 is 17.5 Å². The van der Waals surface area contributed by atoms with E-state index in [4.69, 9.17) is 4.74 Å². The van der Waals surface area contributed by atoms with E-state index in [1.807, 2.05) is 72.8 Å². The van der Waals surface area contributed by atoms with Crippen LogP contribution in [-0.2, 0) is 17.8 Å². The molecule has 2 heterocycles. The van der Waals surface area contributed by atoms with Crippen LogP contribution < -0.4 is 10.1 Å². The predicted octanol–water partition coefficient (Wildman–Crippen LogP) is 5.44. The third kappa shape index (κ3) is 5.19. The van der Waals surface area contributed by atoms with Crippen LogP contribution >= 0.6 is 0 Å². The highest BCUT2D eigenvalue weighted by Gasteiger charge is 2.17. The Morgan fingerprint density at radius 3 is 2.53 bits per heavy atom. The molecule has 1 amide bonds. The van der Waals surface area contributed by atoms with E-state index < -0.39 is 0 Å². The van der Waals surface area contributed by atoms with Crippen molar-refractivity contribution in [3.05, 3.63) is 102 Å². The number of Topliss-reactive ketones (excluding diaryl/α,β-unsaturated/α-hetero) is 1. The van der Waals surface area contributed by atoms with Gasteiger partial charge in [-0.25, -0.2) is 4.98 Å². The lowest BCUT2D eigenvalue weighted by molar-refractivity contribution is -0.116. The first-order valence-electron chi connectivity index (χ1n) is 12.0. The SMILES string of the molecule is O=C(CCC(=O)c1ccc2c(c1)CCO2)Nc1cc(-c2ccccc2CO)cc(-c2ccccc2)n1. The number of rotatable bonds is 8. The number of aliphatic hydroxyl groups excluding tert-OH is 1. The zero-order valence-electron chi connectivity index (χ0n) is 19.7. The van der Waals surface area contributed by atoms with Crippen LogP contribution in [0.4, 0.5) is 5.82 Å². The zero-order valence-corrected chi connectivity index (χ0v) is 19.7. The summed E-state index contributed by atoms with van der Waals surface area (Å²) in [7, 11) is 0. The van der Waals surface area contributed by atoms with E-state index in [0.717, 1.165) is 40.0 Å². The summed E-state index contributed by atoms with van der Waals surface area (Å²) in [5.74, 6) is 0.855. The molecular formula is C30H26N2O4. The number of carbonyl (C=O) groups is 2. The number of fused-ring (bicyclic) bond motifs is 1. The molecule has 2 N–H and O–H groups in total. The first-order chi connectivity index (χ1) is 17.6. The number of hydrogen-bond donors (Lipinski definition) is 2. The average molecular weight is 479 g/mol. The number of pyridine rings is 1. The van der Waals surface area contributed by atoms with Crippen LogP contribution in [0.15, 0.2) is 84.9 Å². The van der Waals surface area contributed by atoms with Gasteiger partial charge >= 0.3 is 0 Å². The smallest absolute Gasteiger partial charge is 0.225 e. The molecule has 0 saturated carbocycles. The van der Waals surface area contributed by atoms with Gasteiger partial charge in [-0.15, -0.1) is 0 Å². The summed E-state index contributed by atoms with van der Waals surface area (Å²) in [6.07, 6.45) is 0.943. The number of aromatic nitrogens is 1. The monoisotopic (exact) mass is 478 g/mol. The molecule has 0 fully saturated rings. The van der Waals surface area contributed by atoms with E-state index in [0.29, 0.717) is 23.7 Å². The largest absolute Gasteiger partial charge is 0.493 e. The van der Waals surface area contributed by atoms with Crippen molar-refractivity contribution in [3.63, 3.8) is 0 Å². The molecule has 3 aromatic carbocycles. The van der Waals surface area contributed by atoms with Gasteiger partial charge in [0, 0.05) is 30.4 Å². The van der Waals surface area contributed by atoms with E-state index in [-0.39, 0.29) is 31.1 Å². The molecule has 0 unspecified atom stereocenters. The van der Waals surface area contributed by atoms with Crippen molar-refractivity contribution in [2.24, 2.45) is 0 Å². The summed E-state index contributed by atoms with van der Waals surface area (Å²) < 4.78 is 5.50. The van der Waals surface area contributed by atoms with Crippen LogP contribution in [0.25, 0.3) is 22.4 Å². The van der Waals surface area contributed by atoms with E-state index in [2.05, 4.69) is 10.3 Å². The van der Waals surface area contributed by atoms with Crippen molar-refractivity contribution in [1.82, 2.24) is 4.98 Å². The van der Waals surface area contributed by atoms with Gasteiger partial charge in [0.25, 0.3) is 0 Å². The van der Waals surface area contributed by atoms with Gasteiger partial charge in [-0.3, -0.25) is 9.59 Å². The number of anilines is 1. The molecule has 1 aromatic heterocycles. The highest BCUT2D eigenvalue weighted by atomic mass is 16.5. The van der Waals surface area contributed by atoms with Gasteiger partial charge in [0.15, 0.2) is 5.78 Å². The van der Waals surface area contributed by atoms with E-state index in [1.165, 1.54) is 0 Å². The van der Waals surface area contributed by atoms with Crippen molar-refractivity contribution in [3.8, 4) is 28.1 Å². The van der Waals surface area contributed by atoms with E-state index in [9.17, 15) is 14.7 Å². The summed E-state index contributed by atoms with van der Waals surface area (Å²) in [5, 5.41) is 12.7. The minimum Gasteiger partial charge on any atom is -0.493 e. The normalized spacial score (nSPS) is 12.0. The molecule has 1 aliphatic rings. The summed E-state index contributed by atoms with van der Waals surface area (Å²) >= 11 is 0. The standard InChI is InChI=1S/C30H26N2O4/c33-19-23-8-4-5-9-25(23)24-17-26(20-6-2-1-3-7-20)31-29(18-24)32-30(35)13-11-27(34)21-10-12-28-22(16-21)14-15-36-28/h1-10,12,16-18,33H,11,13-15,19H2,(H,31,32,35). The maximum absolute atomic E-state index is 12.8. The number of ketones is 1. The summed E-state index contributed by atoms with van der Waals surface area (Å²) in [6, 6.07) is 26.5. The Labute approximate surface area is 209 Å². The van der Waals surface area contributed by atoms with Gasteiger partial charge < -0.3 is 15.2 Å². The van der Waals surface area contributed by atoms with Crippen molar-refractivity contribution in [2.75, 3.05) is 11.9 Å². The van der Waals surface area contributed by atoms with E-state index in [1.54, 1.807) is 12.1 Å². The fourth-order valence-corrected chi connectivity index (χ4v) is 4.38. The quantitative estimate of drug-likeness (QED) is 0.329. The number of hydrogen-bond acceptors (Lipinski definition) is 5. The number of aliphatic hydroxyl groups is 1. The Kier molecular flexibility index (Phi) is 6.87. The number of benzene rings is 3. The third-order valence-corrected chi connectivity index (χ3v) is 6.25. The van der Waals surface area contributed by atoms with Gasteiger partial charge in [0.05, 0.1) is 18.9 Å². The Morgan fingerprint density at radius 2 is 1.69 bits per heavy atom. The number of nitrogens with one attached hydrogen (secondary N) is 1. The molecule has 6 heteroatoms. The van der Waals surface area contributed by atoms with E-state index >= 15 is 0 Å². The van der Waals surface area contributed by atoms with Crippen molar-refractivity contribution < 1.29 is 19.4 Å². The summed E-state index contributed by atoms with van der Waals surface area (Å²) in [6.45, 7) is 0.535. The van der Waals surface area contributed by atoms with Crippen LogP contribution in [0.1, 0.15) is 34.3 Å². The predicted molar refractivity (Wildman–Crippen MR) is 139 cm³/mol. The number of ether oxygens (including phenoxy) is 1. The molecular weight excluding hydrogens is 452 g/mol. The van der Waals surface area contributed by atoms with Crippen molar-refractivity contribution in [2.45, 2.75) is 25.9 Å². The maximum Gasteiger partial charge on any atom is 0.225 e. The molecule has 180 valence electrons. The lowest BCUT2D eigenvalue weighted by Gasteiger charge is -2.13. The minimum absolute atomic E-state index is 0.0478. The second kappa shape index (κ2) is 10.5. The molecule has 0 spiro atoms. The molecule has 0 aliphatic carbocycles. The lowest BCUT2D eigenvalue weighted by Crippen LogP contribution is -2.15. The second-order valence-electron chi connectivity index (χ2n) is 8.70. The van der Waals surface area contributed by atoms with Crippen LogP contribution in [0.2, 0.25) is 0 Å². The Balaban J connectivity index is 1.35.